The molecule has 0 aromatic heterocycles. The third-order valence-electron chi connectivity index (χ3n) is 1.61. The average molecular weight is 205 g/mol. The third-order valence-corrected chi connectivity index (χ3v) is 1.61. The Morgan fingerprint density at radius 1 is 1.43 bits per heavy atom. The van der Waals surface area contributed by atoms with Gasteiger partial charge in [0.15, 0.2) is 6.29 Å². The summed E-state index contributed by atoms with van der Waals surface area (Å²) in [7, 11) is 0. The topological polar surface area (TPSA) is 147 Å². The maximum absolute atomic E-state index is 10.1. The Balaban J connectivity index is 4.63. The second kappa shape index (κ2) is 6.30. The van der Waals surface area contributed by atoms with Crippen LogP contribution >= 0.6 is 0 Å². The van der Waals surface area contributed by atoms with E-state index >= 15 is 0 Å². The molecule has 0 fully saturated rings. The fourth-order valence-corrected chi connectivity index (χ4v) is 0.823. The van der Waals surface area contributed by atoms with Crippen molar-refractivity contribution in [2.45, 2.75) is 24.4 Å². The lowest BCUT2D eigenvalue weighted by atomic mass is 10.0. The lowest BCUT2D eigenvalue weighted by Gasteiger charge is -2.23. The summed E-state index contributed by atoms with van der Waals surface area (Å²) >= 11 is 0. The van der Waals surface area contributed by atoms with Gasteiger partial charge >= 0.3 is 0 Å². The average Bonchev–Trinajstić information content (AvgIpc) is 2.22. The van der Waals surface area contributed by atoms with Crippen molar-refractivity contribution in [1.29, 1.82) is 0 Å². The molecule has 0 heterocycles. The van der Waals surface area contributed by atoms with Gasteiger partial charge in [-0.2, -0.15) is 0 Å². The lowest BCUT2D eigenvalue weighted by molar-refractivity contribution is -0.122. The molecule has 0 radical (unpaired) electrons. The van der Waals surface area contributed by atoms with Crippen molar-refractivity contribution in [2.24, 2.45) is 5.11 Å². The van der Waals surface area contributed by atoms with Crippen LogP contribution in [0.25, 0.3) is 10.4 Å². The molecule has 0 saturated carbocycles. The highest BCUT2D eigenvalue weighted by molar-refractivity contribution is 5.56. The van der Waals surface area contributed by atoms with Crippen LogP contribution in [0.3, 0.4) is 0 Å². The summed E-state index contributed by atoms with van der Waals surface area (Å²) in [6, 6.07) is -1.47. The van der Waals surface area contributed by atoms with Crippen LogP contribution in [0.5, 0.6) is 0 Å². The number of aliphatic hydroxyl groups is 4. The molecule has 4 unspecified atom stereocenters. The largest absolute Gasteiger partial charge is 0.394 e. The molecular formula is C6H11N3O5. The number of aliphatic hydroxyl groups excluding tert-OH is 4. The van der Waals surface area contributed by atoms with Crippen LogP contribution in [0.4, 0.5) is 0 Å². The van der Waals surface area contributed by atoms with Crippen LogP contribution in [0.1, 0.15) is 0 Å². The third kappa shape index (κ3) is 3.29. The monoisotopic (exact) mass is 205 g/mol. The molecular weight excluding hydrogens is 194 g/mol. The fourth-order valence-electron chi connectivity index (χ4n) is 0.823. The summed E-state index contributed by atoms with van der Waals surface area (Å²) in [5.41, 5.74) is 8.07. The van der Waals surface area contributed by atoms with Crippen molar-refractivity contribution in [2.75, 3.05) is 6.61 Å². The van der Waals surface area contributed by atoms with Gasteiger partial charge in [0.25, 0.3) is 0 Å². The van der Waals surface area contributed by atoms with E-state index in [0.29, 0.717) is 0 Å². The molecule has 0 aliphatic carbocycles. The zero-order valence-electron chi connectivity index (χ0n) is 7.13. The first-order chi connectivity index (χ1) is 6.58. The van der Waals surface area contributed by atoms with Crippen molar-refractivity contribution in [3.63, 3.8) is 0 Å². The molecule has 4 atom stereocenters. The van der Waals surface area contributed by atoms with Gasteiger partial charge in [-0.3, -0.25) is 0 Å². The predicted molar refractivity (Wildman–Crippen MR) is 44.1 cm³/mol. The standard InChI is InChI=1S/C6H11N3O5/c7-9-8-5(3(12)1-10)6(14)4(13)2-11/h2-6,10,12-14H,1H2. The highest BCUT2D eigenvalue weighted by Gasteiger charge is 2.30. The minimum Gasteiger partial charge on any atom is -0.394 e. The first-order valence-electron chi connectivity index (χ1n) is 3.73. The van der Waals surface area contributed by atoms with Gasteiger partial charge < -0.3 is 25.2 Å². The second-order valence-electron chi connectivity index (χ2n) is 2.56. The van der Waals surface area contributed by atoms with E-state index in [0.717, 1.165) is 0 Å². The number of aldehydes is 1. The Morgan fingerprint density at radius 2 is 2.00 bits per heavy atom. The molecule has 0 aromatic carbocycles. The fraction of sp³-hybridized carbons (Fsp3) is 0.833. The summed E-state index contributed by atoms with van der Waals surface area (Å²) < 4.78 is 0. The van der Waals surface area contributed by atoms with Crippen LogP contribution in [-0.2, 0) is 4.79 Å². The summed E-state index contributed by atoms with van der Waals surface area (Å²) in [4.78, 5) is 12.4. The zero-order chi connectivity index (χ0) is 11.1. The van der Waals surface area contributed by atoms with Crippen molar-refractivity contribution in [3.05, 3.63) is 10.4 Å². The maximum atomic E-state index is 10.1. The molecule has 14 heavy (non-hydrogen) atoms. The van der Waals surface area contributed by atoms with Crippen LogP contribution < -0.4 is 0 Å². The van der Waals surface area contributed by atoms with E-state index in [9.17, 15) is 9.90 Å². The van der Waals surface area contributed by atoms with Gasteiger partial charge in [0.1, 0.15) is 6.10 Å². The zero-order valence-corrected chi connectivity index (χ0v) is 7.13. The van der Waals surface area contributed by atoms with Gasteiger partial charge in [-0.15, -0.1) is 0 Å². The molecule has 4 N–H and O–H groups in total. The van der Waals surface area contributed by atoms with E-state index in [1.807, 2.05) is 0 Å². The molecule has 8 heteroatoms. The van der Waals surface area contributed by atoms with E-state index in [4.69, 9.17) is 20.9 Å². The normalized spacial score (nSPS) is 18.9. The Morgan fingerprint density at radius 3 is 2.36 bits per heavy atom. The highest BCUT2D eigenvalue weighted by atomic mass is 16.3. The molecule has 0 amide bonds. The second-order valence-corrected chi connectivity index (χ2v) is 2.56. The Bertz CT molecular complexity index is 230. The van der Waals surface area contributed by atoms with Crippen LogP contribution in [0.2, 0.25) is 0 Å². The van der Waals surface area contributed by atoms with E-state index in [2.05, 4.69) is 10.0 Å². The number of rotatable bonds is 6. The number of azide groups is 1. The molecule has 0 bridgehead atoms. The van der Waals surface area contributed by atoms with Crippen LogP contribution in [0.15, 0.2) is 5.11 Å². The van der Waals surface area contributed by atoms with Crippen molar-refractivity contribution in [3.8, 4) is 0 Å². The van der Waals surface area contributed by atoms with Gasteiger partial charge in [0.05, 0.1) is 24.9 Å². The number of hydrogen-bond acceptors (Lipinski definition) is 6. The summed E-state index contributed by atoms with van der Waals surface area (Å²) in [6.45, 7) is -0.758. The van der Waals surface area contributed by atoms with E-state index in [1.54, 1.807) is 0 Å². The quantitative estimate of drug-likeness (QED) is 0.170. The van der Waals surface area contributed by atoms with Gasteiger partial charge in [-0.05, 0) is 5.53 Å². The molecule has 0 aromatic rings. The summed E-state index contributed by atoms with van der Waals surface area (Å²) in [6.07, 6.45) is -5.01. The minimum absolute atomic E-state index is 0.0364. The number of nitrogens with zero attached hydrogens (tertiary/aromatic N) is 3. The first-order valence-corrected chi connectivity index (χ1v) is 3.73. The molecule has 0 aliphatic rings. The number of hydrogen-bond donors (Lipinski definition) is 4. The van der Waals surface area contributed by atoms with E-state index < -0.39 is 31.0 Å². The van der Waals surface area contributed by atoms with Crippen molar-refractivity contribution in [1.82, 2.24) is 0 Å². The van der Waals surface area contributed by atoms with Gasteiger partial charge in [0.2, 0.25) is 0 Å². The molecule has 0 spiro atoms. The molecule has 0 rings (SSSR count). The molecule has 8 nitrogen and oxygen atoms in total. The van der Waals surface area contributed by atoms with E-state index in [-0.39, 0.29) is 6.29 Å². The van der Waals surface area contributed by atoms with Gasteiger partial charge in [-0.1, -0.05) is 5.11 Å². The lowest BCUT2D eigenvalue weighted by Crippen LogP contribution is -2.45. The first kappa shape index (κ1) is 12.8. The Hall–Kier alpha value is -1.18. The Labute approximate surface area is 79.0 Å². The number of carbonyl (C=O) groups is 1. The van der Waals surface area contributed by atoms with Crippen LogP contribution in [-0.4, -0.2) is 57.7 Å². The van der Waals surface area contributed by atoms with Gasteiger partial charge in [-0.25, -0.2) is 0 Å². The van der Waals surface area contributed by atoms with Gasteiger partial charge in [0, 0.05) is 4.91 Å². The van der Waals surface area contributed by atoms with Crippen molar-refractivity contribution >= 4 is 6.29 Å². The Kier molecular flexibility index (Phi) is 5.77. The smallest absolute Gasteiger partial charge is 0.151 e. The predicted octanol–water partition coefficient (Wildman–Crippen LogP) is -2.06. The SMILES string of the molecule is [N-]=[N+]=NC(C(O)CO)C(O)C(O)C=O. The molecule has 80 valence electrons. The van der Waals surface area contributed by atoms with E-state index in [1.165, 1.54) is 0 Å². The van der Waals surface area contributed by atoms with Crippen molar-refractivity contribution < 1.29 is 25.2 Å². The number of carbonyl (C=O) groups excluding carboxylic acids is 1. The summed E-state index contributed by atoms with van der Waals surface area (Å²) in [5, 5.41) is 38.6. The maximum Gasteiger partial charge on any atom is 0.151 e. The highest BCUT2D eigenvalue weighted by Crippen LogP contribution is 2.08. The summed E-state index contributed by atoms with van der Waals surface area (Å²) in [5.74, 6) is 0. The molecule has 0 saturated heterocycles. The minimum atomic E-state index is -1.77. The van der Waals surface area contributed by atoms with Crippen LogP contribution in [0, 0.1) is 0 Å². The molecule has 0 aliphatic heterocycles.